The molecule has 0 spiro atoms. The van der Waals surface area contributed by atoms with Gasteiger partial charge in [0.2, 0.25) is 0 Å². The highest BCUT2D eigenvalue weighted by Gasteiger charge is 2.15. The minimum Gasteiger partial charge on any atom is -0.478 e. The van der Waals surface area contributed by atoms with Crippen LogP contribution in [0, 0.1) is 0 Å². The van der Waals surface area contributed by atoms with Crippen molar-refractivity contribution < 1.29 is 14.3 Å². The summed E-state index contributed by atoms with van der Waals surface area (Å²) in [5.41, 5.74) is 3.95. The molecule has 0 unspecified atom stereocenters. The molecule has 0 saturated carbocycles. The van der Waals surface area contributed by atoms with Crippen molar-refractivity contribution in [3.63, 3.8) is 0 Å². The van der Waals surface area contributed by atoms with E-state index in [2.05, 4.69) is 18.2 Å². The number of halogens is 1. The quantitative estimate of drug-likeness (QED) is 0.316. The number of aromatic carboxylic acids is 1. The van der Waals surface area contributed by atoms with Gasteiger partial charge in [0.1, 0.15) is 11.2 Å². The van der Waals surface area contributed by atoms with Gasteiger partial charge in [-0.3, -0.25) is 0 Å². The predicted molar refractivity (Wildman–Crippen MR) is 122 cm³/mol. The van der Waals surface area contributed by atoms with Gasteiger partial charge in [-0.1, -0.05) is 65.8 Å². The Bertz CT molecular complexity index is 1420. The van der Waals surface area contributed by atoms with Crippen molar-refractivity contribution >= 4 is 51.3 Å². The molecule has 0 radical (unpaired) electrons. The van der Waals surface area contributed by atoms with Crippen LogP contribution in [0.4, 0.5) is 0 Å². The van der Waals surface area contributed by atoms with Crippen LogP contribution in [0.1, 0.15) is 10.4 Å². The highest BCUT2D eigenvalue weighted by atomic mass is 35.5. The summed E-state index contributed by atoms with van der Waals surface area (Å²) >= 11 is 7.64. The largest absolute Gasteiger partial charge is 0.478 e. The van der Waals surface area contributed by atoms with E-state index in [1.54, 1.807) is 18.2 Å². The van der Waals surface area contributed by atoms with E-state index < -0.39 is 5.97 Å². The van der Waals surface area contributed by atoms with Gasteiger partial charge in [0.15, 0.2) is 0 Å². The van der Waals surface area contributed by atoms with Crippen LogP contribution < -0.4 is 0 Å². The summed E-state index contributed by atoms with van der Waals surface area (Å²) in [7, 11) is 0. The lowest BCUT2D eigenvalue weighted by Crippen LogP contribution is -1.98. The van der Waals surface area contributed by atoms with Crippen LogP contribution in [0.5, 0.6) is 0 Å². The summed E-state index contributed by atoms with van der Waals surface area (Å²) in [6.45, 7) is 0. The first-order valence-electron chi connectivity index (χ1n) is 9.31. The average molecular weight is 431 g/mol. The van der Waals surface area contributed by atoms with Crippen molar-refractivity contribution in [1.82, 2.24) is 0 Å². The van der Waals surface area contributed by atoms with E-state index in [1.807, 2.05) is 48.5 Å². The molecule has 146 valence electrons. The van der Waals surface area contributed by atoms with Crippen molar-refractivity contribution in [2.75, 3.05) is 0 Å². The third-order valence-corrected chi connectivity index (χ3v) is 6.52. The number of carboxylic acid groups (broad SMARTS) is 1. The third kappa shape index (κ3) is 3.34. The third-order valence-electron chi connectivity index (χ3n) is 4.96. The van der Waals surface area contributed by atoms with E-state index in [-0.39, 0.29) is 5.56 Å². The van der Waals surface area contributed by atoms with Gasteiger partial charge in [0, 0.05) is 20.6 Å². The Morgan fingerprint density at radius 1 is 0.800 bits per heavy atom. The molecule has 0 saturated heterocycles. The van der Waals surface area contributed by atoms with E-state index in [9.17, 15) is 9.90 Å². The predicted octanol–water partition coefficient (Wildman–Crippen LogP) is 7.76. The standard InChI is InChI=1S/C25H15ClO3S/c26-21-9-4-8-20(25(27)28)24(21)30-17-6-3-5-15(13-17)16-11-12-19-18-7-1-2-10-22(18)29-23(19)14-16/h1-14H,(H,27,28). The maximum atomic E-state index is 11.6. The summed E-state index contributed by atoms with van der Waals surface area (Å²) in [5, 5.41) is 12.1. The number of carboxylic acids is 1. The maximum absolute atomic E-state index is 11.6. The van der Waals surface area contributed by atoms with Crippen LogP contribution in [-0.4, -0.2) is 11.1 Å². The Kier molecular flexibility index (Phi) is 4.74. The summed E-state index contributed by atoms with van der Waals surface area (Å²) in [6, 6.07) is 27.1. The molecule has 30 heavy (non-hydrogen) atoms. The minimum absolute atomic E-state index is 0.196. The normalized spacial score (nSPS) is 11.2. The average Bonchev–Trinajstić information content (AvgIpc) is 3.13. The van der Waals surface area contributed by atoms with Crippen LogP contribution in [-0.2, 0) is 0 Å². The van der Waals surface area contributed by atoms with Crippen molar-refractivity contribution in [3.05, 3.63) is 95.5 Å². The first kappa shape index (κ1) is 18.8. The van der Waals surface area contributed by atoms with Crippen LogP contribution in [0.3, 0.4) is 0 Å². The zero-order valence-electron chi connectivity index (χ0n) is 15.6. The van der Waals surface area contributed by atoms with E-state index in [4.69, 9.17) is 16.0 Å². The molecule has 5 rings (SSSR count). The van der Waals surface area contributed by atoms with E-state index in [0.29, 0.717) is 9.92 Å². The number of carbonyl (C=O) groups is 1. The van der Waals surface area contributed by atoms with Crippen LogP contribution >= 0.6 is 23.4 Å². The smallest absolute Gasteiger partial charge is 0.336 e. The molecule has 1 aromatic heterocycles. The molecule has 0 bridgehead atoms. The molecular weight excluding hydrogens is 416 g/mol. The molecule has 0 aliphatic carbocycles. The molecule has 0 aliphatic heterocycles. The summed E-state index contributed by atoms with van der Waals surface area (Å²) in [4.78, 5) is 13.0. The second kappa shape index (κ2) is 7.56. The van der Waals surface area contributed by atoms with E-state index in [0.717, 1.165) is 38.0 Å². The number of hydrogen-bond donors (Lipinski definition) is 1. The second-order valence-electron chi connectivity index (χ2n) is 6.86. The fraction of sp³-hybridized carbons (Fsp3) is 0. The SMILES string of the molecule is O=C(O)c1cccc(Cl)c1Sc1cccc(-c2ccc3c(c2)oc2ccccc23)c1. The van der Waals surface area contributed by atoms with Crippen molar-refractivity contribution in [2.45, 2.75) is 9.79 Å². The van der Waals surface area contributed by atoms with Gasteiger partial charge in [-0.05, 0) is 53.6 Å². The van der Waals surface area contributed by atoms with Gasteiger partial charge < -0.3 is 9.52 Å². The Hall–Kier alpha value is -3.21. The number of benzene rings is 4. The van der Waals surface area contributed by atoms with Gasteiger partial charge >= 0.3 is 5.97 Å². The molecule has 0 aliphatic rings. The first-order valence-corrected chi connectivity index (χ1v) is 10.5. The minimum atomic E-state index is -0.994. The van der Waals surface area contributed by atoms with Crippen molar-refractivity contribution in [1.29, 1.82) is 0 Å². The van der Waals surface area contributed by atoms with E-state index >= 15 is 0 Å². The second-order valence-corrected chi connectivity index (χ2v) is 8.35. The van der Waals surface area contributed by atoms with Gasteiger partial charge in [0.25, 0.3) is 0 Å². The number of hydrogen-bond acceptors (Lipinski definition) is 3. The molecule has 1 N–H and O–H groups in total. The number of furan rings is 1. The van der Waals surface area contributed by atoms with Crippen molar-refractivity contribution in [3.8, 4) is 11.1 Å². The van der Waals surface area contributed by atoms with Crippen LogP contribution in [0.2, 0.25) is 5.02 Å². The fourth-order valence-corrected chi connectivity index (χ4v) is 4.83. The summed E-state index contributed by atoms with van der Waals surface area (Å²) in [5.74, 6) is -0.994. The van der Waals surface area contributed by atoms with Crippen molar-refractivity contribution in [2.24, 2.45) is 0 Å². The highest BCUT2D eigenvalue weighted by molar-refractivity contribution is 7.99. The van der Waals surface area contributed by atoms with E-state index in [1.165, 1.54) is 11.8 Å². The first-order chi connectivity index (χ1) is 14.6. The Labute approximate surface area is 181 Å². The highest BCUT2D eigenvalue weighted by Crippen LogP contribution is 2.38. The summed E-state index contributed by atoms with van der Waals surface area (Å²) in [6.07, 6.45) is 0. The van der Waals surface area contributed by atoms with Gasteiger partial charge in [-0.2, -0.15) is 0 Å². The molecular formula is C25H15ClO3S. The molecule has 4 aromatic carbocycles. The Balaban J connectivity index is 1.54. The number of fused-ring (bicyclic) bond motifs is 3. The lowest BCUT2D eigenvalue weighted by molar-refractivity contribution is 0.0693. The van der Waals surface area contributed by atoms with Gasteiger partial charge in [-0.25, -0.2) is 4.79 Å². The lowest BCUT2D eigenvalue weighted by atomic mass is 10.0. The molecule has 5 heteroatoms. The molecule has 3 nitrogen and oxygen atoms in total. The van der Waals surface area contributed by atoms with Gasteiger partial charge in [0.05, 0.1) is 10.6 Å². The molecule has 0 fully saturated rings. The Morgan fingerprint density at radius 2 is 1.57 bits per heavy atom. The molecule has 5 aromatic rings. The molecule has 0 atom stereocenters. The maximum Gasteiger partial charge on any atom is 0.336 e. The number of para-hydroxylation sites is 1. The topological polar surface area (TPSA) is 50.4 Å². The summed E-state index contributed by atoms with van der Waals surface area (Å²) < 4.78 is 6.01. The Morgan fingerprint density at radius 3 is 2.43 bits per heavy atom. The zero-order chi connectivity index (χ0) is 20.7. The zero-order valence-corrected chi connectivity index (χ0v) is 17.2. The van der Waals surface area contributed by atoms with Crippen LogP contribution in [0.15, 0.2) is 99.1 Å². The monoisotopic (exact) mass is 430 g/mol. The molecule has 1 heterocycles. The lowest BCUT2D eigenvalue weighted by Gasteiger charge is -2.09. The number of rotatable bonds is 4. The molecule has 0 amide bonds. The van der Waals surface area contributed by atoms with Gasteiger partial charge in [-0.15, -0.1) is 0 Å². The van der Waals surface area contributed by atoms with Crippen LogP contribution in [0.25, 0.3) is 33.1 Å². The fourth-order valence-electron chi connectivity index (χ4n) is 3.54.